The van der Waals surface area contributed by atoms with E-state index >= 15 is 0 Å². The molecule has 0 bridgehead atoms. The van der Waals surface area contributed by atoms with Crippen LogP contribution >= 0.6 is 0 Å². The molecule has 3 heterocycles. The second-order valence-corrected chi connectivity index (χ2v) is 6.18. The number of halogens is 1. The summed E-state index contributed by atoms with van der Waals surface area (Å²) in [5.74, 6) is 0.554. The Hall–Kier alpha value is -2.76. The van der Waals surface area contributed by atoms with Gasteiger partial charge in [0.05, 0.1) is 11.1 Å². The van der Waals surface area contributed by atoms with Crippen molar-refractivity contribution in [3.05, 3.63) is 59.6 Å². The van der Waals surface area contributed by atoms with Gasteiger partial charge in [-0.05, 0) is 31.5 Å². The molecular formula is C18H17FN4O. The molecule has 0 saturated carbocycles. The van der Waals surface area contributed by atoms with E-state index in [1.807, 2.05) is 6.20 Å². The number of imidazole rings is 1. The largest absolute Gasteiger partial charge is 0.347 e. The van der Waals surface area contributed by atoms with E-state index in [2.05, 4.69) is 19.9 Å². The van der Waals surface area contributed by atoms with Crippen molar-refractivity contribution >= 4 is 16.8 Å². The highest BCUT2D eigenvalue weighted by molar-refractivity contribution is 6.06. The summed E-state index contributed by atoms with van der Waals surface area (Å²) < 4.78 is 15.5. The normalized spacial score (nSPS) is 16.8. The van der Waals surface area contributed by atoms with Crippen LogP contribution in [0.4, 0.5) is 4.39 Å². The molecule has 5 nitrogen and oxygen atoms in total. The zero-order valence-electron chi connectivity index (χ0n) is 13.3. The second-order valence-electron chi connectivity index (χ2n) is 6.18. The first-order valence-electron chi connectivity index (χ1n) is 7.98. The summed E-state index contributed by atoms with van der Waals surface area (Å²) in [4.78, 5) is 21.4. The molecule has 0 aliphatic carbocycles. The minimum Gasteiger partial charge on any atom is -0.347 e. The Morgan fingerprint density at radius 2 is 2.25 bits per heavy atom. The second kappa shape index (κ2) is 5.70. The third-order valence-corrected chi connectivity index (χ3v) is 4.42. The Kier molecular flexibility index (Phi) is 3.52. The zero-order chi connectivity index (χ0) is 16.7. The van der Waals surface area contributed by atoms with Gasteiger partial charge in [0.15, 0.2) is 0 Å². The van der Waals surface area contributed by atoms with Crippen molar-refractivity contribution in [2.75, 3.05) is 0 Å². The number of carbonyl (C=O) groups excluding carboxylic acids is 1. The lowest BCUT2D eigenvalue weighted by Crippen LogP contribution is -2.41. The number of nitrogens with one attached hydrogen (secondary N) is 1. The van der Waals surface area contributed by atoms with Gasteiger partial charge in [0, 0.05) is 48.5 Å². The Balaban J connectivity index is 1.62. The number of fused-ring (bicyclic) bond motifs is 2. The maximum atomic E-state index is 13.4. The average molecular weight is 324 g/mol. The van der Waals surface area contributed by atoms with Gasteiger partial charge in [0.2, 0.25) is 0 Å². The fraction of sp³-hybridized carbons (Fsp3) is 0.278. The molecule has 1 amide bonds. The summed E-state index contributed by atoms with van der Waals surface area (Å²) >= 11 is 0. The molecule has 4 rings (SSSR count). The fourth-order valence-electron chi connectivity index (χ4n) is 3.27. The molecule has 0 unspecified atom stereocenters. The van der Waals surface area contributed by atoms with Crippen LogP contribution in [0.3, 0.4) is 0 Å². The van der Waals surface area contributed by atoms with Gasteiger partial charge < -0.3 is 9.88 Å². The van der Waals surface area contributed by atoms with Crippen LogP contribution < -0.4 is 5.32 Å². The molecule has 2 aromatic heterocycles. The Morgan fingerprint density at radius 3 is 3.12 bits per heavy atom. The first-order valence-corrected chi connectivity index (χ1v) is 7.98. The Bertz CT molecular complexity index is 929. The highest BCUT2D eigenvalue weighted by atomic mass is 19.1. The minimum atomic E-state index is -0.355. The lowest BCUT2D eigenvalue weighted by Gasteiger charge is -2.25. The molecule has 1 N–H and O–H groups in total. The molecule has 122 valence electrons. The standard InChI is InChI=1S/C18H17FN4O/c1-11-8-15(14-4-2-12(19)9-16(14)21-11)18(24)22-13-3-5-17-20-6-7-23(17)10-13/h2,4,6-9,13H,3,5,10H2,1H3,(H,22,24)/t13-/m1/s1. The van der Waals surface area contributed by atoms with Crippen molar-refractivity contribution in [3.63, 3.8) is 0 Å². The number of hydrogen-bond acceptors (Lipinski definition) is 3. The van der Waals surface area contributed by atoms with Crippen LogP contribution in [0.25, 0.3) is 10.9 Å². The van der Waals surface area contributed by atoms with Crippen LogP contribution in [0, 0.1) is 12.7 Å². The average Bonchev–Trinajstić information content (AvgIpc) is 3.01. The van der Waals surface area contributed by atoms with Crippen molar-refractivity contribution in [2.24, 2.45) is 0 Å². The summed E-state index contributed by atoms with van der Waals surface area (Å²) in [6.07, 6.45) is 5.43. The van der Waals surface area contributed by atoms with Crippen molar-refractivity contribution in [3.8, 4) is 0 Å². The number of pyridine rings is 1. The van der Waals surface area contributed by atoms with Crippen molar-refractivity contribution in [1.29, 1.82) is 0 Å². The number of amides is 1. The van der Waals surface area contributed by atoms with Crippen molar-refractivity contribution in [1.82, 2.24) is 19.9 Å². The van der Waals surface area contributed by atoms with Gasteiger partial charge >= 0.3 is 0 Å². The quantitative estimate of drug-likeness (QED) is 0.788. The van der Waals surface area contributed by atoms with E-state index in [1.54, 1.807) is 25.3 Å². The summed E-state index contributed by atoms with van der Waals surface area (Å²) in [5.41, 5.74) is 1.73. The van der Waals surface area contributed by atoms with Gasteiger partial charge in [-0.1, -0.05) is 0 Å². The van der Waals surface area contributed by atoms with Crippen LogP contribution in [0.15, 0.2) is 36.7 Å². The Morgan fingerprint density at radius 1 is 1.38 bits per heavy atom. The molecule has 0 fully saturated rings. The smallest absolute Gasteiger partial charge is 0.252 e. The molecule has 24 heavy (non-hydrogen) atoms. The van der Waals surface area contributed by atoms with Crippen molar-refractivity contribution in [2.45, 2.75) is 32.4 Å². The molecule has 0 spiro atoms. The van der Waals surface area contributed by atoms with E-state index in [0.717, 1.165) is 25.2 Å². The van der Waals surface area contributed by atoms with Gasteiger partial charge in [-0.15, -0.1) is 0 Å². The number of rotatable bonds is 2. The summed E-state index contributed by atoms with van der Waals surface area (Å²) in [5, 5.41) is 3.76. The topological polar surface area (TPSA) is 59.8 Å². The van der Waals surface area contributed by atoms with Crippen LogP contribution in [0.1, 0.15) is 28.3 Å². The highest BCUT2D eigenvalue weighted by Crippen LogP contribution is 2.20. The first-order chi connectivity index (χ1) is 11.6. The number of aryl methyl sites for hydroxylation is 2. The minimum absolute atomic E-state index is 0.0585. The highest BCUT2D eigenvalue weighted by Gasteiger charge is 2.22. The molecule has 1 atom stereocenters. The van der Waals surface area contributed by atoms with Crippen LogP contribution in [0.5, 0.6) is 0 Å². The number of benzene rings is 1. The molecule has 0 saturated heterocycles. The molecular weight excluding hydrogens is 307 g/mol. The predicted molar refractivity (Wildman–Crippen MR) is 88.2 cm³/mol. The predicted octanol–water partition coefficient (Wildman–Crippen LogP) is 2.62. The monoisotopic (exact) mass is 324 g/mol. The zero-order valence-corrected chi connectivity index (χ0v) is 13.3. The van der Waals surface area contributed by atoms with E-state index in [-0.39, 0.29) is 17.8 Å². The maximum Gasteiger partial charge on any atom is 0.252 e. The van der Waals surface area contributed by atoms with Gasteiger partial charge in [0.25, 0.3) is 5.91 Å². The van der Waals surface area contributed by atoms with Gasteiger partial charge in [-0.2, -0.15) is 0 Å². The molecule has 0 radical (unpaired) electrons. The van der Waals surface area contributed by atoms with Gasteiger partial charge in [-0.3, -0.25) is 9.78 Å². The summed E-state index contributed by atoms with van der Waals surface area (Å²) in [7, 11) is 0. The van der Waals surface area contributed by atoms with Crippen LogP contribution in [-0.4, -0.2) is 26.5 Å². The number of aromatic nitrogens is 3. The van der Waals surface area contributed by atoms with Gasteiger partial charge in [0.1, 0.15) is 11.6 Å². The van der Waals surface area contributed by atoms with E-state index < -0.39 is 0 Å². The third kappa shape index (κ3) is 2.64. The Labute approximate surface area is 138 Å². The summed E-state index contributed by atoms with van der Waals surface area (Å²) in [6.45, 7) is 2.53. The summed E-state index contributed by atoms with van der Waals surface area (Å²) in [6, 6.07) is 6.14. The van der Waals surface area contributed by atoms with E-state index in [9.17, 15) is 9.18 Å². The van der Waals surface area contributed by atoms with Crippen LogP contribution in [-0.2, 0) is 13.0 Å². The molecule has 1 aromatic carbocycles. The van der Waals surface area contributed by atoms with E-state index in [1.165, 1.54) is 12.1 Å². The number of hydrogen-bond donors (Lipinski definition) is 1. The molecule has 6 heteroatoms. The lowest BCUT2D eigenvalue weighted by atomic mass is 10.0. The fourth-order valence-corrected chi connectivity index (χ4v) is 3.27. The van der Waals surface area contributed by atoms with E-state index in [0.29, 0.717) is 22.2 Å². The van der Waals surface area contributed by atoms with Crippen molar-refractivity contribution < 1.29 is 9.18 Å². The molecule has 1 aliphatic heterocycles. The first kappa shape index (κ1) is 14.8. The van der Waals surface area contributed by atoms with E-state index in [4.69, 9.17) is 0 Å². The van der Waals surface area contributed by atoms with Gasteiger partial charge in [-0.25, -0.2) is 9.37 Å². The van der Waals surface area contributed by atoms with Crippen LogP contribution in [0.2, 0.25) is 0 Å². The lowest BCUT2D eigenvalue weighted by molar-refractivity contribution is 0.0929. The molecule has 1 aliphatic rings. The SMILES string of the molecule is Cc1cc(C(=O)N[C@@H]2CCc3nccn3C2)c2ccc(F)cc2n1. The number of nitrogens with zero attached hydrogens (tertiary/aromatic N) is 3. The number of carbonyl (C=O) groups is 1. The molecule has 3 aromatic rings. The third-order valence-electron chi connectivity index (χ3n) is 4.42. The maximum absolute atomic E-state index is 13.4.